The van der Waals surface area contributed by atoms with E-state index in [1.807, 2.05) is 24.1 Å². The van der Waals surface area contributed by atoms with Crippen LogP contribution in [0.2, 0.25) is 0 Å². The third kappa shape index (κ3) is 3.55. The summed E-state index contributed by atoms with van der Waals surface area (Å²) in [5.41, 5.74) is 2.32. The fourth-order valence-corrected chi connectivity index (χ4v) is 2.48. The average molecular weight is 261 g/mol. The lowest BCUT2D eigenvalue weighted by Gasteiger charge is -2.22. The molecule has 4 nitrogen and oxygen atoms in total. The van der Waals surface area contributed by atoms with Crippen molar-refractivity contribution in [2.24, 2.45) is 0 Å². The summed E-state index contributed by atoms with van der Waals surface area (Å²) in [4.78, 5) is 16.6. The summed E-state index contributed by atoms with van der Waals surface area (Å²) in [6.45, 7) is 3.51. The van der Waals surface area contributed by atoms with Crippen molar-refractivity contribution in [3.8, 4) is 0 Å². The fraction of sp³-hybridized carbons (Fsp3) is 0.533. The van der Waals surface area contributed by atoms with Crippen molar-refractivity contribution in [2.75, 3.05) is 38.6 Å². The lowest BCUT2D eigenvalue weighted by atomic mass is 10.1. The fourth-order valence-electron chi connectivity index (χ4n) is 2.48. The molecule has 0 fully saturated rings. The van der Waals surface area contributed by atoms with Crippen LogP contribution in [0.15, 0.2) is 24.3 Å². The minimum Gasteiger partial charge on any atom is -0.320 e. The Bertz CT molecular complexity index is 433. The molecule has 4 heteroatoms. The predicted octanol–water partition coefficient (Wildman–Crippen LogP) is 1.46. The molecule has 1 aromatic carbocycles. The second-order valence-corrected chi connectivity index (χ2v) is 5.12. The number of benzene rings is 1. The molecule has 2 rings (SSSR count). The summed E-state index contributed by atoms with van der Waals surface area (Å²) in [5, 5.41) is 3.09. The highest BCUT2D eigenvalue weighted by Gasteiger charge is 2.21. The van der Waals surface area contributed by atoms with E-state index in [1.165, 1.54) is 5.56 Å². The first-order chi connectivity index (χ1) is 9.22. The van der Waals surface area contributed by atoms with E-state index in [0.29, 0.717) is 6.42 Å². The van der Waals surface area contributed by atoms with Crippen LogP contribution in [0.1, 0.15) is 18.4 Å². The molecule has 1 aromatic rings. The van der Waals surface area contributed by atoms with Gasteiger partial charge in [-0.2, -0.15) is 0 Å². The zero-order chi connectivity index (χ0) is 13.7. The van der Waals surface area contributed by atoms with Gasteiger partial charge in [-0.25, -0.2) is 0 Å². The van der Waals surface area contributed by atoms with E-state index in [0.717, 1.165) is 38.3 Å². The maximum Gasteiger partial charge on any atom is 0.227 e. The number of fused-ring (bicyclic) bond motifs is 1. The average Bonchev–Trinajstić information content (AvgIpc) is 2.57. The summed E-state index contributed by atoms with van der Waals surface area (Å²) < 4.78 is 0. The van der Waals surface area contributed by atoms with Crippen molar-refractivity contribution in [3.05, 3.63) is 29.8 Å². The Labute approximate surface area is 115 Å². The van der Waals surface area contributed by atoms with Crippen molar-refractivity contribution in [3.63, 3.8) is 0 Å². The van der Waals surface area contributed by atoms with Crippen LogP contribution in [0.4, 0.5) is 5.69 Å². The molecule has 1 aliphatic heterocycles. The standard InChI is InChI=1S/C15H23N3O/c1-16-9-5-8-15(19)18-11-10-17(2)12-13-6-3-4-7-14(13)18/h3-4,6-7,16H,5,8-12H2,1-2H3. The van der Waals surface area contributed by atoms with Crippen LogP contribution in [0.5, 0.6) is 0 Å². The van der Waals surface area contributed by atoms with Gasteiger partial charge in [0.05, 0.1) is 0 Å². The van der Waals surface area contributed by atoms with E-state index < -0.39 is 0 Å². The molecule has 0 saturated heterocycles. The number of anilines is 1. The van der Waals surface area contributed by atoms with Crippen LogP contribution in [0.25, 0.3) is 0 Å². The Morgan fingerprint density at radius 2 is 2.11 bits per heavy atom. The SMILES string of the molecule is CNCCCC(=O)N1CCN(C)Cc2ccccc21. The Kier molecular flexibility index (Phi) is 4.93. The molecule has 1 heterocycles. The second-order valence-electron chi connectivity index (χ2n) is 5.12. The van der Waals surface area contributed by atoms with E-state index in [9.17, 15) is 4.79 Å². The zero-order valence-electron chi connectivity index (χ0n) is 11.9. The Hall–Kier alpha value is -1.39. The molecule has 0 radical (unpaired) electrons. The number of carbonyl (C=O) groups excluding carboxylic acids is 1. The van der Waals surface area contributed by atoms with E-state index in [1.54, 1.807) is 0 Å². The first kappa shape index (κ1) is 14.0. The molecule has 1 aliphatic rings. The molecule has 0 spiro atoms. The van der Waals surface area contributed by atoms with Crippen LogP contribution in [0.3, 0.4) is 0 Å². The highest BCUT2D eigenvalue weighted by Crippen LogP contribution is 2.25. The van der Waals surface area contributed by atoms with Crippen LogP contribution >= 0.6 is 0 Å². The van der Waals surface area contributed by atoms with Gasteiger partial charge in [0, 0.05) is 31.7 Å². The molecule has 0 unspecified atom stereocenters. The smallest absolute Gasteiger partial charge is 0.227 e. The Morgan fingerprint density at radius 3 is 2.89 bits per heavy atom. The van der Waals surface area contributed by atoms with Gasteiger partial charge in [-0.1, -0.05) is 18.2 Å². The monoisotopic (exact) mass is 261 g/mol. The minimum atomic E-state index is 0.234. The van der Waals surface area contributed by atoms with Gasteiger partial charge in [0.1, 0.15) is 0 Å². The van der Waals surface area contributed by atoms with Gasteiger partial charge in [-0.15, -0.1) is 0 Å². The molecular formula is C15H23N3O. The van der Waals surface area contributed by atoms with Crippen molar-refractivity contribution in [1.82, 2.24) is 10.2 Å². The maximum absolute atomic E-state index is 12.4. The zero-order valence-corrected chi connectivity index (χ0v) is 11.9. The normalized spacial score (nSPS) is 16.0. The van der Waals surface area contributed by atoms with Gasteiger partial charge in [-0.3, -0.25) is 4.79 Å². The van der Waals surface area contributed by atoms with Gasteiger partial charge in [0.25, 0.3) is 0 Å². The number of likely N-dealkylation sites (N-methyl/N-ethyl adjacent to an activating group) is 1. The number of amides is 1. The number of nitrogens with zero attached hydrogens (tertiary/aromatic N) is 2. The van der Waals surface area contributed by atoms with Crippen molar-refractivity contribution in [1.29, 1.82) is 0 Å². The molecule has 0 saturated carbocycles. The van der Waals surface area contributed by atoms with E-state index in [2.05, 4.69) is 29.4 Å². The largest absolute Gasteiger partial charge is 0.320 e. The van der Waals surface area contributed by atoms with Crippen molar-refractivity contribution >= 4 is 11.6 Å². The van der Waals surface area contributed by atoms with Crippen molar-refractivity contribution < 1.29 is 4.79 Å². The first-order valence-corrected chi connectivity index (χ1v) is 6.94. The molecule has 0 aromatic heterocycles. The third-order valence-corrected chi connectivity index (χ3v) is 3.55. The van der Waals surface area contributed by atoms with Crippen LogP contribution < -0.4 is 10.2 Å². The number of para-hydroxylation sites is 1. The number of nitrogens with one attached hydrogen (secondary N) is 1. The predicted molar refractivity (Wildman–Crippen MR) is 78.3 cm³/mol. The van der Waals surface area contributed by atoms with E-state index in [-0.39, 0.29) is 5.91 Å². The number of hydrogen-bond donors (Lipinski definition) is 1. The molecule has 0 atom stereocenters. The number of carbonyl (C=O) groups is 1. The van der Waals surface area contributed by atoms with E-state index >= 15 is 0 Å². The Balaban J connectivity index is 2.14. The van der Waals surface area contributed by atoms with Crippen LogP contribution in [-0.4, -0.2) is 44.5 Å². The number of rotatable bonds is 4. The summed E-state index contributed by atoms with van der Waals surface area (Å²) in [6.07, 6.45) is 1.50. The highest BCUT2D eigenvalue weighted by molar-refractivity contribution is 5.94. The quantitative estimate of drug-likeness (QED) is 0.834. The van der Waals surface area contributed by atoms with Crippen molar-refractivity contribution in [2.45, 2.75) is 19.4 Å². The molecule has 1 amide bonds. The summed E-state index contributed by atoms with van der Waals surface area (Å²) in [5.74, 6) is 0.234. The molecule has 104 valence electrons. The van der Waals surface area contributed by atoms with Gasteiger partial charge < -0.3 is 15.1 Å². The van der Waals surface area contributed by atoms with E-state index in [4.69, 9.17) is 0 Å². The minimum absolute atomic E-state index is 0.234. The third-order valence-electron chi connectivity index (χ3n) is 3.55. The van der Waals surface area contributed by atoms with Crippen LogP contribution in [-0.2, 0) is 11.3 Å². The maximum atomic E-state index is 12.4. The first-order valence-electron chi connectivity index (χ1n) is 6.94. The summed E-state index contributed by atoms with van der Waals surface area (Å²) in [6, 6.07) is 8.23. The summed E-state index contributed by atoms with van der Waals surface area (Å²) in [7, 11) is 4.02. The molecule has 19 heavy (non-hydrogen) atoms. The van der Waals surface area contributed by atoms with Gasteiger partial charge in [0.2, 0.25) is 5.91 Å². The molecular weight excluding hydrogens is 238 g/mol. The molecule has 1 N–H and O–H groups in total. The molecule has 0 bridgehead atoms. The number of hydrogen-bond acceptors (Lipinski definition) is 3. The lowest BCUT2D eigenvalue weighted by molar-refractivity contribution is -0.118. The second kappa shape index (κ2) is 6.68. The lowest BCUT2D eigenvalue weighted by Crippen LogP contribution is -2.35. The topological polar surface area (TPSA) is 35.6 Å². The van der Waals surface area contributed by atoms with Gasteiger partial charge in [0.15, 0.2) is 0 Å². The van der Waals surface area contributed by atoms with Crippen LogP contribution in [0, 0.1) is 0 Å². The van der Waals surface area contributed by atoms with Gasteiger partial charge >= 0.3 is 0 Å². The highest BCUT2D eigenvalue weighted by atomic mass is 16.2. The Morgan fingerprint density at radius 1 is 1.32 bits per heavy atom. The summed E-state index contributed by atoms with van der Waals surface area (Å²) >= 11 is 0. The molecule has 0 aliphatic carbocycles. The van der Waals surface area contributed by atoms with Gasteiger partial charge in [-0.05, 0) is 38.7 Å².